The first kappa shape index (κ1) is 26.2. The van der Waals surface area contributed by atoms with E-state index in [4.69, 9.17) is 11.6 Å². The smallest absolute Gasteiger partial charge is 0.330 e. The molecule has 8 nitrogen and oxygen atoms in total. The number of benzene rings is 3. The number of sulfonamides is 1. The van der Waals surface area contributed by atoms with Crippen molar-refractivity contribution >= 4 is 39.2 Å². The van der Waals surface area contributed by atoms with Gasteiger partial charge in [0.05, 0.1) is 18.6 Å². The molecule has 0 heterocycles. The molecule has 0 bridgehead atoms. The summed E-state index contributed by atoms with van der Waals surface area (Å²) in [4.78, 5) is 24.1. The molecule has 3 N–H and O–H groups in total. The van der Waals surface area contributed by atoms with Crippen molar-refractivity contribution in [2.75, 3.05) is 18.4 Å². The highest BCUT2D eigenvalue weighted by atomic mass is 35.5. The molecular weight excluding hydrogens is 492 g/mol. The summed E-state index contributed by atoms with van der Waals surface area (Å²) < 4.78 is 33.1. The maximum Gasteiger partial charge on any atom is 0.330 e. The highest BCUT2D eigenvalue weighted by molar-refractivity contribution is 7.92. The fraction of sp³-hybridized carbons (Fsp3) is 0.200. The third-order valence-corrected chi connectivity index (χ3v) is 7.25. The summed E-state index contributed by atoms with van der Waals surface area (Å²) in [6.45, 7) is 2.83. The van der Waals surface area contributed by atoms with Gasteiger partial charge in [-0.2, -0.15) is 0 Å². The molecule has 0 radical (unpaired) electrons. The number of rotatable bonds is 8. The average molecular weight is 517 g/mol. The van der Waals surface area contributed by atoms with E-state index >= 15 is 0 Å². The number of methoxy groups -OCH3 is 1. The SMILES string of the molecule is COC(=O)C(CO)NC(=O)c1ccc(-c2cccc(NS(=O)(=O)c3cc(C)c(Cl)cc3C)c2)cc1. The molecule has 3 rings (SSSR count). The molecule has 1 atom stereocenters. The molecule has 1 unspecified atom stereocenters. The Kier molecular flexibility index (Phi) is 8.16. The second kappa shape index (κ2) is 10.9. The van der Waals surface area contributed by atoms with Crippen molar-refractivity contribution in [2.45, 2.75) is 24.8 Å². The van der Waals surface area contributed by atoms with Crippen LogP contribution in [0.2, 0.25) is 5.02 Å². The number of ether oxygens (including phenoxy) is 1. The maximum atomic E-state index is 13.0. The van der Waals surface area contributed by atoms with Gasteiger partial charge in [0, 0.05) is 16.3 Å². The average Bonchev–Trinajstić information content (AvgIpc) is 2.84. The van der Waals surface area contributed by atoms with E-state index in [1.165, 1.54) is 6.07 Å². The van der Waals surface area contributed by atoms with Gasteiger partial charge < -0.3 is 15.2 Å². The van der Waals surface area contributed by atoms with E-state index in [1.54, 1.807) is 62.4 Å². The third kappa shape index (κ3) is 6.19. The molecule has 1 amide bonds. The van der Waals surface area contributed by atoms with Crippen LogP contribution in [0.3, 0.4) is 0 Å². The lowest BCUT2D eigenvalue weighted by Crippen LogP contribution is -2.44. The first-order chi connectivity index (χ1) is 16.6. The lowest BCUT2D eigenvalue weighted by molar-refractivity contribution is -0.143. The number of nitrogens with one attached hydrogen (secondary N) is 2. The van der Waals surface area contributed by atoms with Crippen molar-refractivity contribution in [3.05, 3.63) is 82.4 Å². The molecule has 10 heteroatoms. The minimum absolute atomic E-state index is 0.147. The Hall–Kier alpha value is -3.40. The first-order valence-corrected chi connectivity index (χ1v) is 12.4. The predicted octanol–water partition coefficient (Wildman–Crippen LogP) is 3.69. The second-order valence-electron chi connectivity index (χ2n) is 7.86. The number of carbonyl (C=O) groups excluding carboxylic acids is 2. The van der Waals surface area contributed by atoms with E-state index in [9.17, 15) is 23.1 Å². The molecule has 0 aliphatic carbocycles. The van der Waals surface area contributed by atoms with Crippen LogP contribution in [0.25, 0.3) is 11.1 Å². The summed E-state index contributed by atoms with van der Waals surface area (Å²) in [7, 11) is -2.68. The summed E-state index contributed by atoms with van der Waals surface area (Å²) in [6.07, 6.45) is 0. The van der Waals surface area contributed by atoms with Crippen LogP contribution >= 0.6 is 11.6 Å². The van der Waals surface area contributed by atoms with Crippen molar-refractivity contribution in [3.8, 4) is 11.1 Å². The fourth-order valence-corrected chi connectivity index (χ4v) is 4.97. The zero-order valence-electron chi connectivity index (χ0n) is 19.3. The van der Waals surface area contributed by atoms with Gasteiger partial charge in [0.2, 0.25) is 0 Å². The van der Waals surface area contributed by atoms with E-state index in [0.29, 0.717) is 21.8 Å². The number of aliphatic hydroxyl groups is 1. The maximum absolute atomic E-state index is 13.0. The van der Waals surface area contributed by atoms with Crippen molar-refractivity contribution in [1.29, 1.82) is 0 Å². The highest BCUT2D eigenvalue weighted by Crippen LogP contribution is 2.28. The number of anilines is 1. The molecule has 3 aromatic carbocycles. The summed E-state index contributed by atoms with van der Waals surface area (Å²) in [6, 6.07) is 15.4. The Bertz CT molecular complexity index is 1360. The fourth-order valence-electron chi connectivity index (χ4n) is 3.39. The van der Waals surface area contributed by atoms with E-state index in [2.05, 4.69) is 14.8 Å². The molecule has 0 spiro atoms. The zero-order chi connectivity index (χ0) is 25.8. The second-order valence-corrected chi connectivity index (χ2v) is 9.92. The van der Waals surface area contributed by atoms with Crippen molar-refractivity contribution < 1.29 is 27.9 Å². The Morgan fingerprint density at radius 2 is 1.69 bits per heavy atom. The molecular formula is C25H25ClN2O6S. The normalized spacial score (nSPS) is 12.0. The minimum atomic E-state index is -3.84. The van der Waals surface area contributed by atoms with Crippen LogP contribution in [0, 0.1) is 13.8 Å². The molecule has 0 fully saturated rings. The molecule has 0 aliphatic heterocycles. The summed E-state index contributed by atoms with van der Waals surface area (Å²) in [5.41, 5.74) is 3.32. The van der Waals surface area contributed by atoms with Crippen LogP contribution in [-0.2, 0) is 19.6 Å². The van der Waals surface area contributed by atoms with Gasteiger partial charge in [-0.3, -0.25) is 9.52 Å². The number of halogens is 1. The van der Waals surface area contributed by atoms with E-state index in [1.807, 2.05) is 6.07 Å². The van der Waals surface area contributed by atoms with E-state index in [-0.39, 0.29) is 10.5 Å². The number of aryl methyl sites for hydroxylation is 2. The summed E-state index contributed by atoms with van der Waals surface area (Å²) in [5.74, 6) is -1.29. The number of esters is 1. The monoisotopic (exact) mass is 516 g/mol. The van der Waals surface area contributed by atoms with Gasteiger partial charge in [-0.1, -0.05) is 35.9 Å². The van der Waals surface area contributed by atoms with Crippen LogP contribution in [0.1, 0.15) is 21.5 Å². The van der Waals surface area contributed by atoms with Crippen molar-refractivity contribution in [1.82, 2.24) is 5.32 Å². The van der Waals surface area contributed by atoms with Crippen LogP contribution in [-0.4, -0.2) is 45.2 Å². The van der Waals surface area contributed by atoms with Gasteiger partial charge in [0.1, 0.15) is 0 Å². The molecule has 0 aliphatic rings. The van der Waals surface area contributed by atoms with Crippen LogP contribution in [0.4, 0.5) is 5.69 Å². The van der Waals surface area contributed by atoms with Gasteiger partial charge in [0.25, 0.3) is 15.9 Å². The quantitative estimate of drug-likeness (QED) is 0.392. The van der Waals surface area contributed by atoms with Crippen molar-refractivity contribution in [3.63, 3.8) is 0 Å². The van der Waals surface area contributed by atoms with Crippen LogP contribution < -0.4 is 10.0 Å². The summed E-state index contributed by atoms with van der Waals surface area (Å²) >= 11 is 6.10. The Morgan fingerprint density at radius 3 is 2.31 bits per heavy atom. The number of hydrogen-bond acceptors (Lipinski definition) is 6. The summed E-state index contributed by atoms with van der Waals surface area (Å²) in [5, 5.41) is 12.2. The van der Waals surface area contributed by atoms with E-state index in [0.717, 1.165) is 18.2 Å². The van der Waals surface area contributed by atoms with Crippen LogP contribution in [0.15, 0.2) is 65.6 Å². The Morgan fingerprint density at radius 1 is 1.00 bits per heavy atom. The molecule has 184 valence electrons. The van der Waals surface area contributed by atoms with Gasteiger partial charge in [0.15, 0.2) is 6.04 Å². The number of carbonyl (C=O) groups is 2. The first-order valence-electron chi connectivity index (χ1n) is 10.6. The molecule has 3 aromatic rings. The lowest BCUT2D eigenvalue weighted by atomic mass is 10.0. The molecule has 0 saturated heterocycles. The lowest BCUT2D eigenvalue weighted by Gasteiger charge is -2.14. The van der Waals surface area contributed by atoms with Gasteiger partial charge in [-0.25, -0.2) is 13.2 Å². The predicted molar refractivity (Wildman–Crippen MR) is 134 cm³/mol. The van der Waals surface area contributed by atoms with Gasteiger partial charge >= 0.3 is 5.97 Å². The standard InChI is InChI=1S/C25H25ClN2O6S/c1-15-12-23(16(2)11-21(15)26)35(32,33)28-20-6-4-5-19(13-20)17-7-9-18(10-8-17)24(30)27-22(14-29)25(31)34-3/h4-13,22,28-29H,14H2,1-3H3,(H,27,30). The highest BCUT2D eigenvalue weighted by Gasteiger charge is 2.21. The van der Waals surface area contributed by atoms with Gasteiger partial charge in [-0.15, -0.1) is 0 Å². The Labute approximate surface area is 208 Å². The topological polar surface area (TPSA) is 122 Å². The number of amides is 1. The zero-order valence-corrected chi connectivity index (χ0v) is 20.9. The number of aliphatic hydroxyl groups excluding tert-OH is 1. The molecule has 0 aromatic heterocycles. The van der Waals surface area contributed by atoms with Crippen LogP contribution in [0.5, 0.6) is 0 Å². The third-order valence-electron chi connectivity index (χ3n) is 5.31. The van der Waals surface area contributed by atoms with Crippen molar-refractivity contribution in [2.24, 2.45) is 0 Å². The number of hydrogen-bond donors (Lipinski definition) is 3. The molecule has 0 saturated carbocycles. The Balaban J connectivity index is 1.80. The van der Waals surface area contributed by atoms with E-state index < -0.39 is 34.5 Å². The van der Waals surface area contributed by atoms with Gasteiger partial charge in [-0.05, 0) is 72.5 Å². The largest absolute Gasteiger partial charge is 0.467 e. The minimum Gasteiger partial charge on any atom is -0.467 e. The molecule has 35 heavy (non-hydrogen) atoms.